The van der Waals surface area contributed by atoms with Gasteiger partial charge in [0.05, 0.1) is 0 Å². The Kier molecular flexibility index (Phi) is 21.5. The average Bonchev–Trinajstić information content (AvgIpc) is 3.63. The summed E-state index contributed by atoms with van der Waals surface area (Å²) in [5.74, 6) is 3.91. The maximum absolute atomic E-state index is 2.32. The molecule has 0 heteroatoms. The molecule has 0 spiro atoms. The van der Waals surface area contributed by atoms with E-state index in [4.69, 9.17) is 0 Å². The lowest BCUT2D eigenvalue weighted by molar-refractivity contribution is 0.834. The number of allylic oxidation sites excluding steroid dienone is 3. The van der Waals surface area contributed by atoms with E-state index in [1.54, 1.807) is 0 Å². The van der Waals surface area contributed by atoms with Crippen molar-refractivity contribution in [2.24, 2.45) is 17.8 Å². The van der Waals surface area contributed by atoms with Gasteiger partial charge in [-0.05, 0) is 68.4 Å². The van der Waals surface area contributed by atoms with Crippen LogP contribution in [0.2, 0.25) is 0 Å². The molecule has 0 bridgehead atoms. The van der Waals surface area contributed by atoms with E-state index in [1.165, 1.54) is 24.0 Å². The molecule has 0 amide bonds. The summed E-state index contributed by atoms with van der Waals surface area (Å²) in [6, 6.07) is 21.1. The van der Waals surface area contributed by atoms with Gasteiger partial charge in [0.15, 0.2) is 0 Å². The normalized spacial score (nSPS) is 21.9. The Bertz CT molecular complexity index is 656. The van der Waals surface area contributed by atoms with Crippen molar-refractivity contribution in [2.75, 3.05) is 0 Å². The summed E-state index contributed by atoms with van der Waals surface area (Å²) in [5, 5.41) is 0. The number of benzene rings is 2. The zero-order chi connectivity index (χ0) is 20.8. The summed E-state index contributed by atoms with van der Waals surface area (Å²) in [5.41, 5.74) is 2.79. The maximum atomic E-state index is 2.32. The highest BCUT2D eigenvalue weighted by molar-refractivity contribution is 5.47. The molecule has 4 rings (SSSR count). The Hall–Kier alpha value is -2.08. The molecule has 2 aliphatic carbocycles. The smallest absolute Gasteiger partial charge is 0.0133 e. The van der Waals surface area contributed by atoms with Gasteiger partial charge in [0.1, 0.15) is 0 Å². The molecule has 31 heavy (non-hydrogen) atoms. The van der Waals surface area contributed by atoms with E-state index in [0.29, 0.717) is 0 Å². The minimum Gasteiger partial charge on any atom is -0.0919 e. The Morgan fingerprint density at radius 3 is 1.26 bits per heavy atom. The van der Waals surface area contributed by atoms with E-state index in [-0.39, 0.29) is 22.3 Å². The van der Waals surface area contributed by atoms with E-state index in [9.17, 15) is 0 Å². The third-order valence-corrected chi connectivity index (χ3v) is 5.34. The third kappa shape index (κ3) is 16.3. The van der Waals surface area contributed by atoms with Crippen molar-refractivity contribution < 1.29 is 0 Å². The fourth-order valence-corrected chi connectivity index (χ4v) is 2.75. The van der Waals surface area contributed by atoms with Crippen LogP contribution < -0.4 is 0 Å². The molecule has 176 valence electrons. The van der Waals surface area contributed by atoms with Crippen LogP contribution in [0.4, 0.5) is 0 Å². The van der Waals surface area contributed by atoms with Crippen LogP contribution in [0, 0.1) is 17.8 Å². The second-order valence-corrected chi connectivity index (χ2v) is 8.00. The second kappa shape index (κ2) is 19.9. The molecule has 0 N–H and O–H groups in total. The zero-order valence-electron chi connectivity index (χ0n) is 18.8. The lowest BCUT2D eigenvalue weighted by Crippen LogP contribution is -1.77. The largest absolute Gasteiger partial charge is 0.0919 e. The molecule has 2 aromatic carbocycles. The summed E-state index contributed by atoms with van der Waals surface area (Å²) >= 11 is 0. The lowest BCUT2D eigenvalue weighted by atomic mass is 10.1. The molecular weight excluding hydrogens is 372 g/mol. The lowest BCUT2D eigenvalue weighted by Gasteiger charge is -1.94. The Labute approximate surface area is 196 Å². The first-order valence-electron chi connectivity index (χ1n) is 10.8. The minimum atomic E-state index is 0. The van der Waals surface area contributed by atoms with E-state index < -0.39 is 0 Å². The number of hydrogen-bond acceptors (Lipinski definition) is 0. The van der Waals surface area contributed by atoms with Crippen molar-refractivity contribution in [1.29, 1.82) is 0 Å². The average molecular weight is 425 g/mol. The fourth-order valence-electron chi connectivity index (χ4n) is 2.75. The standard InChI is InChI=1S/C10H12.C9H10.C5H10.C4H8.3CH4/c1-8-7-10(8)9-5-3-2-4-6-9;1-2-6-9-7-4-3-5-8-9;1-4-3-5(4)2;1-3-4-2;;;/h2-6,8,10H,7H2,1H3;2-8H,1H3;4-5H,3H2,1-2H3;3-4H,1-2H3;3*1H4/b;6-2-;;4-3+;;;/t8-,10+;;4-,5-;;;;/m1.0..../s1. The van der Waals surface area contributed by atoms with Crippen molar-refractivity contribution in [1.82, 2.24) is 0 Å². The van der Waals surface area contributed by atoms with Gasteiger partial charge in [0.2, 0.25) is 0 Å². The van der Waals surface area contributed by atoms with E-state index >= 15 is 0 Å². The molecule has 0 aliphatic heterocycles. The SMILES string of the molecule is C.C.C.C/C=C/C.C/C=C\c1ccccc1.C[C@@H]1C[C@@H]1c1ccccc1.C[C@H]1C[C@@H]1C. The maximum Gasteiger partial charge on any atom is -0.0133 e. The van der Waals surface area contributed by atoms with E-state index in [1.807, 2.05) is 57.2 Å². The molecule has 2 aliphatic rings. The Balaban J connectivity index is -0.000000346. The predicted octanol–water partition coefficient (Wildman–Crippen LogP) is 10.7. The van der Waals surface area contributed by atoms with Gasteiger partial charge >= 0.3 is 0 Å². The van der Waals surface area contributed by atoms with Gasteiger partial charge in [-0.3, -0.25) is 0 Å². The van der Waals surface area contributed by atoms with Gasteiger partial charge in [0.25, 0.3) is 0 Å². The quantitative estimate of drug-likeness (QED) is 0.420. The highest BCUT2D eigenvalue weighted by atomic mass is 14.4. The Morgan fingerprint density at radius 1 is 0.581 bits per heavy atom. The molecule has 0 unspecified atom stereocenters. The summed E-state index contributed by atoms with van der Waals surface area (Å²) in [4.78, 5) is 0. The molecule has 0 aromatic heterocycles. The molecule has 0 saturated heterocycles. The van der Waals surface area contributed by atoms with Crippen LogP contribution in [0.3, 0.4) is 0 Å². The van der Waals surface area contributed by atoms with Gasteiger partial charge < -0.3 is 0 Å². The van der Waals surface area contributed by atoms with Crippen LogP contribution in [0.25, 0.3) is 6.08 Å². The summed E-state index contributed by atoms with van der Waals surface area (Å²) < 4.78 is 0. The topological polar surface area (TPSA) is 0 Å². The van der Waals surface area contributed by atoms with Gasteiger partial charge in [-0.1, -0.05) is 128 Å². The van der Waals surface area contributed by atoms with Crippen molar-refractivity contribution in [2.45, 2.75) is 82.6 Å². The predicted molar refractivity (Wildman–Crippen MR) is 148 cm³/mol. The molecule has 2 fully saturated rings. The van der Waals surface area contributed by atoms with Crippen LogP contribution >= 0.6 is 0 Å². The molecule has 2 aromatic rings. The van der Waals surface area contributed by atoms with Crippen LogP contribution in [-0.2, 0) is 0 Å². The molecule has 0 radical (unpaired) electrons. The van der Waals surface area contributed by atoms with Crippen LogP contribution in [-0.4, -0.2) is 0 Å². The van der Waals surface area contributed by atoms with Crippen LogP contribution in [0.5, 0.6) is 0 Å². The van der Waals surface area contributed by atoms with Crippen molar-refractivity contribution in [3.8, 4) is 0 Å². The molecular formula is C31H52. The summed E-state index contributed by atoms with van der Waals surface area (Å²) in [6.07, 6.45) is 11.0. The van der Waals surface area contributed by atoms with Crippen molar-refractivity contribution in [3.63, 3.8) is 0 Å². The van der Waals surface area contributed by atoms with Gasteiger partial charge in [-0.15, -0.1) is 0 Å². The van der Waals surface area contributed by atoms with Gasteiger partial charge in [-0.2, -0.15) is 0 Å². The zero-order valence-corrected chi connectivity index (χ0v) is 18.8. The molecule has 4 atom stereocenters. The molecule has 2 saturated carbocycles. The van der Waals surface area contributed by atoms with E-state index in [0.717, 1.165) is 23.7 Å². The monoisotopic (exact) mass is 424 g/mol. The van der Waals surface area contributed by atoms with Gasteiger partial charge in [-0.25, -0.2) is 0 Å². The van der Waals surface area contributed by atoms with Crippen LogP contribution in [0.15, 0.2) is 78.9 Å². The highest BCUT2D eigenvalue weighted by Gasteiger charge is 2.33. The van der Waals surface area contributed by atoms with Crippen molar-refractivity contribution in [3.05, 3.63) is 90.0 Å². The first-order chi connectivity index (χ1) is 13.5. The van der Waals surface area contributed by atoms with E-state index in [2.05, 4.69) is 69.3 Å². The number of hydrogen-bond donors (Lipinski definition) is 0. The molecule has 0 heterocycles. The van der Waals surface area contributed by atoms with Gasteiger partial charge in [0, 0.05) is 0 Å². The first kappa shape index (κ1) is 33.6. The fraction of sp³-hybridized carbons (Fsp3) is 0.484. The molecule has 0 nitrogen and oxygen atoms in total. The Morgan fingerprint density at radius 2 is 0.968 bits per heavy atom. The van der Waals surface area contributed by atoms with Crippen LogP contribution in [0.1, 0.15) is 93.7 Å². The summed E-state index contributed by atoms with van der Waals surface area (Å²) in [6.45, 7) is 12.9. The number of rotatable bonds is 2. The first-order valence-corrected chi connectivity index (χ1v) is 10.8. The summed E-state index contributed by atoms with van der Waals surface area (Å²) in [7, 11) is 0. The third-order valence-electron chi connectivity index (χ3n) is 5.34. The second-order valence-electron chi connectivity index (χ2n) is 8.00. The van der Waals surface area contributed by atoms with Crippen molar-refractivity contribution >= 4 is 6.08 Å². The minimum absolute atomic E-state index is 0. The highest BCUT2D eigenvalue weighted by Crippen LogP contribution is 2.46.